The van der Waals surface area contributed by atoms with Crippen LogP contribution in [0.2, 0.25) is 0 Å². The Bertz CT molecular complexity index is 155. The Morgan fingerprint density at radius 3 is 2.14 bits per heavy atom. The Hall–Kier alpha value is -0.621. The number of rotatable bonds is 9. The monoisotopic (exact) mass is 195 g/mol. The summed E-state index contributed by atoms with van der Waals surface area (Å²) < 4.78 is 0. The smallest absolute Gasteiger partial charge is 1.00 e. The normalized spacial score (nSPS) is 9.14. The molecule has 0 atom stereocenters. The van der Waals surface area contributed by atoms with Gasteiger partial charge in [-0.1, -0.05) is 31.8 Å². The Morgan fingerprint density at radius 1 is 1.14 bits per heavy atom. The van der Waals surface area contributed by atoms with Gasteiger partial charge in [-0.25, -0.2) is 0 Å². The van der Waals surface area contributed by atoms with Gasteiger partial charge >= 0.3 is 16.1 Å². The molecule has 0 saturated heterocycles. The van der Waals surface area contributed by atoms with Gasteiger partial charge in [0.25, 0.3) is 0 Å². The van der Waals surface area contributed by atoms with E-state index in [1.807, 2.05) is 6.08 Å². The van der Waals surface area contributed by atoms with Crippen molar-refractivity contribution in [2.75, 3.05) is 0 Å². The second-order valence-corrected chi connectivity index (χ2v) is 3.34. The predicted molar refractivity (Wildman–Crippen MR) is 62.7 cm³/mol. The summed E-state index contributed by atoms with van der Waals surface area (Å²) in [6.45, 7) is 3.66. The molecule has 14 heavy (non-hydrogen) atoms. The van der Waals surface area contributed by atoms with Crippen molar-refractivity contribution in [2.45, 2.75) is 51.4 Å². The molecule has 3 heteroatoms. The van der Waals surface area contributed by atoms with E-state index in [0.29, 0.717) is 6.42 Å². The van der Waals surface area contributed by atoms with E-state index in [0.717, 1.165) is 19.3 Å². The Kier molecular flexibility index (Phi) is 14.0. The summed E-state index contributed by atoms with van der Waals surface area (Å²) in [5.74, 6) is -0.674. The van der Waals surface area contributed by atoms with Crippen LogP contribution in [0, 0.1) is 0 Å². The van der Waals surface area contributed by atoms with Gasteiger partial charge in [0.05, 0.1) is 0 Å². The average Bonchev–Trinajstić information content (AvgIpc) is 2.09. The minimum atomic E-state index is -0.674. The molecular formula is C11H22BeO2. The van der Waals surface area contributed by atoms with Crippen LogP contribution in [0.3, 0.4) is 0 Å². The molecule has 0 fully saturated rings. The third kappa shape index (κ3) is 13.9. The number of hydrogen-bond acceptors (Lipinski definition) is 1. The van der Waals surface area contributed by atoms with Crippen LogP contribution < -0.4 is 0 Å². The number of aliphatic carboxylic acids is 1. The summed E-state index contributed by atoms with van der Waals surface area (Å²) in [7, 11) is 0. The summed E-state index contributed by atoms with van der Waals surface area (Å²) >= 11 is 0. The summed E-state index contributed by atoms with van der Waals surface area (Å²) in [5, 5.41) is 8.38. The zero-order valence-electron chi connectivity index (χ0n) is 11.0. The molecule has 0 aliphatic heterocycles. The summed E-state index contributed by atoms with van der Waals surface area (Å²) in [4.78, 5) is 10.2. The molecule has 0 aliphatic rings. The van der Waals surface area contributed by atoms with Crippen LogP contribution in [0.15, 0.2) is 12.7 Å². The van der Waals surface area contributed by atoms with Gasteiger partial charge in [0.1, 0.15) is 0 Å². The molecule has 80 valence electrons. The van der Waals surface area contributed by atoms with Crippen molar-refractivity contribution in [3.63, 3.8) is 0 Å². The van der Waals surface area contributed by atoms with Crippen molar-refractivity contribution >= 4 is 16.1 Å². The molecular weight excluding hydrogens is 173 g/mol. The molecule has 0 spiro atoms. The molecule has 0 unspecified atom stereocenters. The number of unbranched alkanes of at least 4 members (excludes halogenated alkanes) is 6. The second-order valence-electron chi connectivity index (χ2n) is 3.34. The van der Waals surface area contributed by atoms with E-state index in [-0.39, 0.29) is 13.0 Å². The van der Waals surface area contributed by atoms with Crippen molar-refractivity contribution in [3.05, 3.63) is 12.7 Å². The maximum atomic E-state index is 10.2. The zero-order chi connectivity index (χ0) is 9.94. The van der Waals surface area contributed by atoms with Crippen LogP contribution in [0.1, 0.15) is 54.2 Å². The summed E-state index contributed by atoms with van der Waals surface area (Å²) in [6.07, 6.45) is 10.1. The van der Waals surface area contributed by atoms with Crippen LogP contribution >= 0.6 is 0 Å². The quantitative estimate of drug-likeness (QED) is 0.348. The molecule has 0 aromatic carbocycles. The molecule has 0 saturated carbocycles. The van der Waals surface area contributed by atoms with E-state index in [4.69, 9.17) is 5.11 Å². The third-order valence-electron chi connectivity index (χ3n) is 2.05. The van der Waals surface area contributed by atoms with Gasteiger partial charge in [-0.2, -0.15) is 0 Å². The van der Waals surface area contributed by atoms with Crippen molar-refractivity contribution in [2.24, 2.45) is 0 Å². The molecule has 0 aromatic rings. The molecule has 2 nitrogen and oxygen atoms in total. The fourth-order valence-electron chi connectivity index (χ4n) is 1.27. The first kappa shape index (κ1) is 15.8. The topological polar surface area (TPSA) is 37.3 Å². The summed E-state index contributed by atoms with van der Waals surface area (Å²) in [6, 6.07) is 0. The van der Waals surface area contributed by atoms with E-state index in [1.54, 1.807) is 0 Å². The molecule has 0 rings (SSSR count). The number of carboxylic acids is 1. The maximum Gasteiger partial charge on any atom is 2.00 e. The second kappa shape index (κ2) is 12.4. The van der Waals surface area contributed by atoms with Gasteiger partial charge in [-0.15, -0.1) is 6.58 Å². The standard InChI is InChI=1S/C11H20O2.Be.2H/c1-2-3-4-5-6-7-8-9-10-11(12)13;;;/h2H,1,3-10H2,(H,12,13);;;/q;+2;2*-1. The zero-order valence-corrected chi connectivity index (χ0v) is 9.00. The predicted octanol–water partition coefficient (Wildman–Crippen LogP) is 3.22. The maximum absolute atomic E-state index is 10.2. The van der Waals surface area contributed by atoms with Gasteiger partial charge in [0, 0.05) is 6.42 Å². The van der Waals surface area contributed by atoms with Gasteiger partial charge in [-0.3, -0.25) is 4.79 Å². The van der Waals surface area contributed by atoms with Crippen molar-refractivity contribution < 1.29 is 12.8 Å². The minimum absolute atomic E-state index is 0. The Balaban J connectivity index is -0.000000240. The van der Waals surface area contributed by atoms with Gasteiger partial charge in [0.2, 0.25) is 0 Å². The third-order valence-corrected chi connectivity index (χ3v) is 2.05. The van der Waals surface area contributed by atoms with E-state index >= 15 is 0 Å². The van der Waals surface area contributed by atoms with Crippen molar-refractivity contribution in [1.82, 2.24) is 0 Å². The molecule has 0 aromatic heterocycles. The first-order chi connectivity index (χ1) is 6.27. The van der Waals surface area contributed by atoms with Crippen LogP contribution in [-0.4, -0.2) is 21.2 Å². The van der Waals surface area contributed by atoms with Gasteiger partial charge < -0.3 is 7.96 Å². The number of hydrogen-bond donors (Lipinski definition) is 1. The first-order valence-electron chi connectivity index (χ1n) is 5.10. The van der Waals surface area contributed by atoms with E-state index in [2.05, 4.69) is 6.58 Å². The van der Waals surface area contributed by atoms with Crippen LogP contribution in [0.5, 0.6) is 0 Å². The fourth-order valence-corrected chi connectivity index (χ4v) is 1.27. The van der Waals surface area contributed by atoms with Gasteiger partial charge in [0.15, 0.2) is 0 Å². The molecule has 1 N–H and O–H groups in total. The van der Waals surface area contributed by atoms with Crippen LogP contribution in [0.4, 0.5) is 0 Å². The number of carboxylic acid groups (broad SMARTS) is 1. The SMILES string of the molecule is C=CCCCCCCCCC(=O)O.[Be+2].[H-].[H-]. The number of carbonyl (C=O) groups is 1. The fraction of sp³-hybridized carbons (Fsp3) is 0.727. The van der Waals surface area contributed by atoms with Crippen molar-refractivity contribution in [1.29, 1.82) is 0 Å². The van der Waals surface area contributed by atoms with E-state index < -0.39 is 5.97 Å². The van der Waals surface area contributed by atoms with Crippen molar-refractivity contribution in [3.8, 4) is 0 Å². The largest absolute Gasteiger partial charge is 2.00 e. The average molecular weight is 195 g/mol. The van der Waals surface area contributed by atoms with E-state index in [9.17, 15) is 4.79 Å². The molecule has 0 heterocycles. The molecule has 0 radical (unpaired) electrons. The summed E-state index contributed by atoms with van der Waals surface area (Å²) in [5.41, 5.74) is 0. The van der Waals surface area contributed by atoms with Gasteiger partial charge in [-0.05, 0) is 19.3 Å². The van der Waals surface area contributed by atoms with E-state index in [1.165, 1.54) is 25.7 Å². The minimum Gasteiger partial charge on any atom is -1.00 e. The molecule has 0 bridgehead atoms. The first-order valence-corrected chi connectivity index (χ1v) is 5.10. The Morgan fingerprint density at radius 2 is 1.64 bits per heavy atom. The van der Waals surface area contributed by atoms with Crippen LogP contribution in [0.25, 0.3) is 0 Å². The Labute approximate surface area is 93.6 Å². The number of allylic oxidation sites excluding steroid dienone is 1. The molecule has 0 aliphatic carbocycles. The van der Waals surface area contributed by atoms with Crippen LogP contribution in [-0.2, 0) is 4.79 Å². The molecule has 0 amide bonds.